The van der Waals surface area contributed by atoms with Crippen LogP contribution < -0.4 is 0 Å². The molecule has 2 aromatic rings. The topological polar surface area (TPSA) is 56.3 Å². The van der Waals surface area contributed by atoms with Crippen molar-refractivity contribution in [1.29, 1.82) is 0 Å². The Labute approximate surface area is 154 Å². The number of methoxy groups -OCH3 is 1. The molecular formula is C17H14Cl3NO3. The molecule has 24 heavy (non-hydrogen) atoms. The first-order chi connectivity index (χ1) is 11.3. The molecule has 0 N–H and O–H groups in total. The molecule has 0 radical (unpaired) electrons. The lowest BCUT2D eigenvalue weighted by Gasteiger charge is -2.20. The number of ether oxygens (including phenoxy) is 1. The lowest BCUT2D eigenvalue weighted by atomic mass is 9.91. The molecule has 0 amide bonds. The maximum atomic E-state index is 12.8. The lowest BCUT2D eigenvalue weighted by molar-refractivity contribution is 0.0600. The van der Waals surface area contributed by atoms with Crippen molar-refractivity contribution in [3.63, 3.8) is 0 Å². The summed E-state index contributed by atoms with van der Waals surface area (Å²) in [6.07, 6.45) is 1.36. The van der Waals surface area contributed by atoms with Gasteiger partial charge in [-0.25, -0.2) is 4.79 Å². The van der Waals surface area contributed by atoms with Gasteiger partial charge in [-0.1, -0.05) is 65.1 Å². The van der Waals surface area contributed by atoms with Gasteiger partial charge in [0.15, 0.2) is 9.58 Å². The number of benzene rings is 1. The maximum Gasteiger partial charge on any atom is 0.337 e. The van der Waals surface area contributed by atoms with Crippen molar-refractivity contribution in [2.75, 3.05) is 7.11 Å². The second-order valence-corrected chi connectivity index (χ2v) is 7.58. The Hall–Kier alpha value is -1.62. The smallest absolute Gasteiger partial charge is 0.337 e. The molecule has 0 saturated heterocycles. The highest BCUT2D eigenvalue weighted by Gasteiger charge is 2.33. The van der Waals surface area contributed by atoms with Gasteiger partial charge in [-0.3, -0.25) is 9.78 Å². The van der Waals surface area contributed by atoms with Crippen LogP contribution in [0, 0.1) is 0 Å². The highest BCUT2D eigenvalue weighted by atomic mass is 35.6. The van der Waals surface area contributed by atoms with E-state index < -0.39 is 15.7 Å². The van der Waals surface area contributed by atoms with E-state index in [-0.39, 0.29) is 17.8 Å². The molecule has 0 bridgehead atoms. The minimum Gasteiger partial charge on any atom is -0.465 e. The standard InChI is InChI=1S/C17H14Cl3NO3/c1-24-16(23)12-7-8-21-14(9-12)13(10-17(18,19)20)15(22)11-5-3-2-4-6-11/h2-9,13H,10H2,1H3. The van der Waals surface area contributed by atoms with Gasteiger partial charge in [-0.05, 0) is 12.1 Å². The molecule has 0 aliphatic heterocycles. The predicted molar refractivity (Wildman–Crippen MR) is 94.0 cm³/mol. The Bertz CT molecular complexity index is 729. The van der Waals surface area contributed by atoms with Crippen molar-refractivity contribution in [1.82, 2.24) is 4.98 Å². The minimum atomic E-state index is -1.64. The van der Waals surface area contributed by atoms with E-state index in [1.807, 2.05) is 0 Å². The third kappa shape index (κ3) is 4.94. The first-order valence-corrected chi connectivity index (χ1v) is 8.15. The van der Waals surface area contributed by atoms with Crippen LogP contribution in [0.2, 0.25) is 0 Å². The number of hydrogen-bond donors (Lipinski definition) is 0. The SMILES string of the molecule is COC(=O)c1ccnc(C(CC(Cl)(Cl)Cl)C(=O)c2ccccc2)c1. The van der Waals surface area contributed by atoms with Crippen LogP contribution in [0.5, 0.6) is 0 Å². The Morgan fingerprint density at radius 1 is 1.12 bits per heavy atom. The number of Topliss-reactive ketones (excluding diaryl/α,β-unsaturated/α-hetero) is 1. The average molecular weight is 387 g/mol. The van der Waals surface area contributed by atoms with E-state index in [4.69, 9.17) is 34.8 Å². The fourth-order valence-corrected chi connectivity index (χ4v) is 2.71. The van der Waals surface area contributed by atoms with Crippen molar-refractivity contribution in [2.24, 2.45) is 0 Å². The summed E-state index contributed by atoms with van der Waals surface area (Å²) >= 11 is 17.7. The van der Waals surface area contributed by atoms with Crippen LogP contribution in [0.15, 0.2) is 48.7 Å². The molecule has 4 nitrogen and oxygen atoms in total. The molecule has 0 aliphatic rings. The van der Waals surface area contributed by atoms with Gasteiger partial charge in [-0.2, -0.15) is 0 Å². The second kappa shape index (κ2) is 7.97. The molecule has 0 aliphatic carbocycles. The molecule has 1 aromatic carbocycles. The molecule has 0 fully saturated rings. The van der Waals surface area contributed by atoms with E-state index in [2.05, 4.69) is 9.72 Å². The molecule has 0 saturated carbocycles. The monoisotopic (exact) mass is 385 g/mol. The van der Waals surface area contributed by atoms with Gasteiger partial charge in [0.2, 0.25) is 0 Å². The van der Waals surface area contributed by atoms with Crippen LogP contribution in [0.3, 0.4) is 0 Å². The average Bonchev–Trinajstić information content (AvgIpc) is 2.58. The lowest BCUT2D eigenvalue weighted by Crippen LogP contribution is -2.21. The number of aromatic nitrogens is 1. The summed E-state index contributed by atoms with van der Waals surface area (Å²) in [6.45, 7) is 0. The van der Waals surface area contributed by atoms with Gasteiger partial charge >= 0.3 is 5.97 Å². The zero-order chi connectivity index (χ0) is 17.7. The molecule has 1 unspecified atom stereocenters. The third-order valence-corrected chi connectivity index (χ3v) is 3.83. The van der Waals surface area contributed by atoms with Crippen LogP contribution in [-0.4, -0.2) is 27.6 Å². The fraction of sp³-hybridized carbons (Fsp3) is 0.235. The zero-order valence-corrected chi connectivity index (χ0v) is 15.0. The quantitative estimate of drug-likeness (QED) is 0.428. The molecule has 7 heteroatoms. The van der Waals surface area contributed by atoms with E-state index in [0.29, 0.717) is 11.3 Å². The van der Waals surface area contributed by atoms with Gasteiger partial charge in [0, 0.05) is 18.2 Å². The Balaban J connectivity index is 2.43. The molecule has 0 spiro atoms. The molecule has 126 valence electrons. The number of ketones is 1. The van der Waals surface area contributed by atoms with E-state index in [1.54, 1.807) is 30.3 Å². The molecule has 2 rings (SSSR count). The number of nitrogens with zero attached hydrogens (tertiary/aromatic N) is 1. The highest BCUT2D eigenvalue weighted by Crippen LogP contribution is 2.38. The van der Waals surface area contributed by atoms with Crippen LogP contribution in [0.25, 0.3) is 0 Å². The van der Waals surface area contributed by atoms with Crippen molar-refractivity contribution in [3.8, 4) is 0 Å². The summed E-state index contributed by atoms with van der Waals surface area (Å²) in [6, 6.07) is 11.6. The molecule has 1 heterocycles. The summed E-state index contributed by atoms with van der Waals surface area (Å²) < 4.78 is 3.05. The number of esters is 1. The summed E-state index contributed by atoms with van der Waals surface area (Å²) in [5.41, 5.74) is 1.10. The van der Waals surface area contributed by atoms with Crippen LogP contribution in [0.1, 0.15) is 38.7 Å². The van der Waals surface area contributed by atoms with E-state index in [9.17, 15) is 9.59 Å². The number of alkyl halides is 3. The summed E-state index contributed by atoms with van der Waals surface area (Å²) in [4.78, 5) is 28.7. The van der Waals surface area contributed by atoms with E-state index in [1.165, 1.54) is 25.4 Å². The second-order valence-electron chi connectivity index (χ2n) is 5.06. The van der Waals surface area contributed by atoms with E-state index >= 15 is 0 Å². The minimum absolute atomic E-state index is 0.0664. The van der Waals surface area contributed by atoms with Crippen molar-refractivity contribution < 1.29 is 14.3 Å². The summed E-state index contributed by atoms with van der Waals surface area (Å²) in [5.74, 6) is -1.57. The van der Waals surface area contributed by atoms with Crippen molar-refractivity contribution in [2.45, 2.75) is 16.1 Å². The van der Waals surface area contributed by atoms with E-state index in [0.717, 1.165) is 0 Å². The van der Waals surface area contributed by atoms with Crippen LogP contribution in [-0.2, 0) is 4.74 Å². The Kier molecular flexibility index (Phi) is 6.21. The van der Waals surface area contributed by atoms with Crippen molar-refractivity contribution in [3.05, 3.63) is 65.5 Å². The Morgan fingerprint density at radius 3 is 2.38 bits per heavy atom. The number of pyridine rings is 1. The van der Waals surface area contributed by atoms with Crippen LogP contribution in [0.4, 0.5) is 0 Å². The predicted octanol–water partition coefficient (Wildman–Crippen LogP) is 4.60. The normalized spacial score (nSPS) is 12.5. The first-order valence-electron chi connectivity index (χ1n) is 7.02. The number of carbonyl (C=O) groups excluding carboxylic acids is 2. The number of hydrogen-bond acceptors (Lipinski definition) is 4. The largest absolute Gasteiger partial charge is 0.465 e. The molecule has 1 atom stereocenters. The van der Waals surface area contributed by atoms with Gasteiger partial charge in [0.25, 0.3) is 0 Å². The fourth-order valence-electron chi connectivity index (χ4n) is 2.25. The third-order valence-electron chi connectivity index (χ3n) is 3.37. The number of rotatable bonds is 5. The maximum absolute atomic E-state index is 12.8. The molecule has 1 aromatic heterocycles. The van der Waals surface area contributed by atoms with Gasteiger partial charge in [0.05, 0.1) is 24.3 Å². The number of halogens is 3. The van der Waals surface area contributed by atoms with Gasteiger partial charge in [-0.15, -0.1) is 0 Å². The first kappa shape index (κ1) is 18.7. The van der Waals surface area contributed by atoms with Crippen LogP contribution >= 0.6 is 34.8 Å². The molecular weight excluding hydrogens is 373 g/mol. The number of carbonyl (C=O) groups is 2. The van der Waals surface area contributed by atoms with Gasteiger partial charge < -0.3 is 4.74 Å². The zero-order valence-electron chi connectivity index (χ0n) is 12.7. The summed E-state index contributed by atoms with van der Waals surface area (Å²) in [7, 11) is 1.27. The van der Waals surface area contributed by atoms with Crippen molar-refractivity contribution >= 4 is 46.6 Å². The Morgan fingerprint density at radius 2 is 1.79 bits per heavy atom. The highest BCUT2D eigenvalue weighted by molar-refractivity contribution is 6.67. The van der Waals surface area contributed by atoms with Gasteiger partial charge in [0.1, 0.15) is 0 Å². The summed E-state index contributed by atoms with van der Waals surface area (Å²) in [5, 5.41) is 0.